The third-order valence-corrected chi connectivity index (χ3v) is 7.13. The van der Waals surface area contributed by atoms with Crippen LogP contribution in [0.1, 0.15) is 45.1 Å². The molecule has 4 N–H and O–H groups in total. The van der Waals surface area contributed by atoms with E-state index in [0.717, 1.165) is 72.9 Å². The molecule has 0 saturated carbocycles. The van der Waals surface area contributed by atoms with E-state index < -0.39 is 0 Å². The first-order chi connectivity index (χ1) is 18.0. The number of thioether (sulfide) groups is 1. The Kier molecular flexibility index (Phi) is 11.2. The predicted molar refractivity (Wildman–Crippen MR) is 155 cm³/mol. The molecule has 2 aliphatic rings. The quantitative estimate of drug-likeness (QED) is 0.245. The number of allylic oxidation sites excluding steroid dienone is 2. The zero-order valence-corrected chi connectivity index (χ0v) is 23.0. The van der Waals surface area contributed by atoms with Crippen molar-refractivity contribution < 1.29 is 9.90 Å². The minimum Gasteiger partial charge on any atom is -0.508 e. The molecule has 2 heterocycles. The maximum absolute atomic E-state index is 12.1. The molecule has 200 valence electrons. The van der Waals surface area contributed by atoms with E-state index in [1.165, 1.54) is 0 Å². The molecule has 0 aliphatic carbocycles. The number of urea groups is 1. The zero-order chi connectivity index (χ0) is 26.6. The molecule has 2 aliphatic heterocycles. The minimum absolute atomic E-state index is 0.0398. The monoisotopic (exact) mass is 524 g/mol. The van der Waals surface area contributed by atoms with Gasteiger partial charge in [-0.1, -0.05) is 44.3 Å². The minimum atomic E-state index is 0.0398. The highest BCUT2D eigenvalue weighted by molar-refractivity contribution is 8.06. The maximum Gasteiger partial charge on any atom is 0.317 e. The Balaban J connectivity index is 1.68. The average molecular weight is 525 g/mol. The third kappa shape index (κ3) is 7.90. The van der Waals surface area contributed by atoms with Crippen LogP contribution in [0.3, 0.4) is 0 Å². The van der Waals surface area contributed by atoms with Crippen LogP contribution in [0.2, 0.25) is 0 Å². The fourth-order valence-electron chi connectivity index (χ4n) is 4.42. The lowest BCUT2D eigenvalue weighted by Gasteiger charge is -2.32. The predicted octanol–water partition coefficient (Wildman–Crippen LogP) is 4.81. The number of rotatable bonds is 11. The molecule has 0 radical (unpaired) electrons. The topological polar surface area (TPSA) is 92.2 Å². The van der Waals surface area contributed by atoms with Crippen molar-refractivity contribution in [1.82, 2.24) is 25.8 Å². The van der Waals surface area contributed by atoms with Gasteiger partial charge in [0.1, 0.15) is 5.75 Å². The molecule has 0 bridgehead atoms. The molecule has 1 fully saturated rings. The lowest BCUT2D eigenvalue weighted by Crippen LogP contribution is -2.48. The van der Waals surface area contributed by atoms with E-state index in [9.17, 15) is 9.90 Å². The van der Waals surface area contributed by atoms with Gasteiger partial charge in [-0.15, -0.1) is 0 Å². The molecule has 1 aromatic rings. The maximum atomic E-state index is 12.1. The fraction of sp³-hybridized carbons (Fsp3) is 0.429. The zero-order valence-electron chi connectivity index (χ0n) is 22.2. The summed E-state index contributed by atoms with van der Waals surface area (Å²) < 4.78 is 0. The van der Waals surface area contributed by atoms with Crippen LogP contribution < -0.4 is 16.0 Å². The molecular formula is C28H40N6O2S. The number of phenolic OH excluding ortho intramolecular Hbond substituents is 1. The highest BCUT2D eigenvalue weighted by Gasteiger charge is 2.23. The summed E-state index contributed by atoms with van der Waals surface area (Å²) in [4.78, 5) is 20.7. The normalized spacial score (nSPS) is 17.5. The number of nitrogens with one attached hydrogen (secondary N) is 3. The van der Waals surface area contributed by atoms with Crippen molar-refractivity contribution in [3.8, 4) is 5.75 Å². The van der Waals surface area contributed by atoms with Gasteiger partial charge in [0.25, 0.3) is 0 Å². The Morgan fingerprint density at radius 1 is 1.30 bits per heavy atom. The van der Waals surface area contributed by atoms with Gasteiger partial charge in [0, 0.05) is 45.1 Å². The van der Waals surface area contributed by atoms with E-state index in [1.54, 1.807) is 23.9 Å². The average Bonchev–Trinajstić information content (AvgIpc) is 3.33. The summed E-state index contributed by atoms with van der Waals surface area (Å²) in [5.41, 5.74) is 3.94. The summed E-state index contributed by atoms with van der Waals surface area (Å²) in [6.45, 7) is 11.1. The molecule has 1 saturated heterocycles. The Bertz CT molecular complexity index is 1060. The van der Waals surface area contributed by atoms with E-state index in [4.69, 9.17) is 0 Å². The van der Waals surface area contributed by atoms with E-state index in [-0.39, 0.29) is 11.8 Å². The van der Waals surface area contributed by atoms with Crippen molar-refractivity contribution in [2.24, 2.45) is 4.99 Å². The Hall–Kier alpha value is -3.17. The van der Waals surface area contributed by atoms with Gasteiger partial charge in [0.2, 0.25) is 0 Å². The number of hydrogen-bond donors (Lipinski definition) is 4. The van der Waals surface area contributed by atoms with Crippen molar-refractivity contribution in [2.45, 2.75) is 45.6 Å². The standard InChI is InChI=1S/C28H40N6O2S/c1-5-13-31-28(36)33-15-11-23(12-16-33)32-20-30-14-10-26(29-4)27(34-17-18-37-21(34)3)25(6-2)22-8-7-9-24(35)19-22/h7-10,14,17-19,23,29,32,35H,3,5-6,11-13,15-16,20H2,1-2,4H3,(H,31,36)/b26-10-,27-25+,30-14-. The summed E-state index contributed by atoms with van der Waals surface area (Å²) in [6, 6.07) is 7.73. The second-order valence-electron chi connectivity index (χ2n) is 8.92. The SMILES string of the molecule is C=C1SC=CN1C(/C(=C/C=N\CNC1CCN(C(=O)NCCC)CC1)NC)=C(\CC)c1cccc(O)c1. The van der Waals surface area contributed by atoms with E-state index >= 15 is 0 Å². The largest absolute Gasteiger partial charge is 0.508 e. The van der Waals surface area contributed by atoms with Crippen LogP contribution in [0.4, 0.5) is 4.79 Å². The van der Waals surface area contributed by atoms with Crippen LogP contribution in [-0.4, -0.2) is 66.5 Å². The number of aliphatic imine (C=N–C) groups is 1. The van der Waals surface area contributed by atoms with Crippen molar-refractivity contribution in [2.75, 3.05) is 33.4 Å². The van der Waals surface area contributed by atoms with E-state index in [0.29, 0.717) is 12.7 Å². The highest BCUT2D eigenvalue weighted by Crippen LogP contribution is 2.38. The van der Waals surface area contributed by atoms with E-state index in [1.807, 2.05) is 48.0 Å². The van der Waals surface area contributed by atoms with Crippen molar-refractivity contribution in [3.05, 3.63) is 70.5 Å². The number of aromatic hydroxyl groups is 1. The second kappa shape index (κ2) is 14.5. The molecule has 2 amide bonds. The van der Waals surface area contributed by atoms with Crippen LogP contribution in [0, 0.1) is 0 Å². The number of phenols is 1. The van der Waals surface area contributed by atoms with Gasteiger partial charge >= 0.3 is 6.03 Å². The number of benzene rings is 1. The molecule has 9 heteroatoms. The van der Waals surface area contributed by atoms with Crippen LogP contribution >= 0.6 is 11.8 Å². The molecule has 0 spiro atoms. The summed E-state index contributed by atoms with van der Waals surface area (Å²) >= 11 is 1.58. The van der Waals surface area contributed by atoms with Gasteiger partial charge in [-0.05, 0) is 60.4 Å². The lowest BCUT2D eigenvalue weighted by atomic mass is 9.98. The van der Waals surface area contributed by atoms with E-state index in [2.05, 4.69) is 46.3 Å². The third-order valence-electron chi connectivity index (χ3n) is 6.41. The Labute approximate surface area is 225 Å². The van der Waals surface area contributed by atoms with Crippen LogP contribution in [0.5, 0.6) is 5.75 Å². The van der Waals surface area contributed by atoms with Gasteiger partial charge in [-0.3, -0.25) is 10.3 Å². The summed E-state index contributed by atoms with van der Waals surface area (Å²) in [5, 5.41) is 22.8. The molecule has 8 nitrogen and oxygen atoms in total. The molecular weight excluding hydrogens is 484 g/mol. The molecule has 0 aromatic heterocycles. The number of likely N-dealkylation sites (tertiary alicyclic amines) is 1. The summed E-state index contributed by atoms with van der Waals surface area (Å²) in [5.74, 6) is 0.239. The van der Waals surface area contributed by atoms with Crippen molar-refractivity contribution in [3.63, 3.8) is 0 Å². The highest BCUT2D eigenvalue weighted by atomic mass is 32.2. The van der Waals surface area contributed by atoms with Gasteiger partial charge < -0.3 is 25.5 Å². The van der Waals surface area contributed by atoms with Crippen molar-refractivity contribution in [1.29, 1.82) is 0 Å². The first-order valence-electron chi connectivity index (χ1n) is 13.0. The molecule has 0 atom stereocenters. The van der Waals surface area contributed by atoms with Gasteiger partial charge in [0.05, 0.1) is 23.1 Å². The number of piperidine rings is 1. The number of carbonyl (C=O) groups is 1. The first kappa shape index (κ1) is 28.4. The molecule has 0 unspecified atom stereocenters. The molecule has 3 rings (SSSR count). The molecule has 1 aromatic carbocycles. The molecule has 37 heavy (non-hydrogen) atoms. The summed E-state index contributed by atoms with van der Waals surface area (Å²) in [7, 11) is 1.90. The fourth-order valence-corrected chi connectivity index (χ4v) is 5.03. The Morgan fingerprint density at radius 2 is 2.08 bits per heavy atom. The van der Waals surface area contributed by atoms with Gasteiger partial charge in [-0.2, -0.15) is 0 Å². The Morgan fingerprint density at radius 3 is 2.70 bits per heavy atom. The first-order valence-corrected chi connectivity index (χ1v) is 13.8. The lowest BCUT2D eigenvalue weighted by molar-refractivity contribution is 0.177. The smallest absolute Gasteiger partial charge is 0.317 e. The van der Waals surface area contributed by atoms with Gasteiger partial charge in [-0.25, -0.2) is 4.79 Å². The number of nitrogens with zero attached hydrogens (tertiary/aromatic N) is 3. The van der Waals surface area contributed by atoms with Gasteiger partial charge in [0.15, 0.2) is 0 Å². The van der Waals surface area contributed by atoms with Crippen LogP contribution in [-0.2, 0) is 0 Å². The number of hydrogen-bond acceptors (Lipinski definition) is 7. The summed E-state index contributed by atoms with van der Waals surface area (Å²) in [6.07, 6.45) is 9.36. The number of amides is 2. The van der Waals surface area contributed by atoms with Crippen LogP contribution in [0.25, 0.3) is 5.57 Å². The number of likely N-dealkylation sites (N-methyl/N-ethyl adjacent to an activating group) is 1. The second-order valence-corrected chi connectivity index (χ2v) is 9.89. The van der Waals surface area contributed by atoms with Crippen LogP contribution in [0.15, 0.2) is 69.9 Å². The number of carbonyl (C=O) groups excluding carboxylic acids is 1. The van der Waals surface area contributed by atoms with Crippen molar-refractivity contribution >= 4 is 29.6 Å².